The summed E-state index contributed by atoms with van der Waals surface area (Å²) in [5.41, 5.74) is 6.73. The minimum absolute atomic E-state index is 0.00720. The molecule has 0 saturated carbocycles. The summed E-state index contributed by atoms with van der Waals surface area (Å²) in [6.45, 7) is 3.09. The van der Waals surface area contributed by atoms with Crippen LogP contribution < -0.4 is 5.73 Å². The molecule has 1 heterocycles. The van der Waals surface area contributed by atoms with Gasteiger partial charge in [0.2, 0.25) is 5.91 Å². The van der Waals surface area contributed by atoms with Crippen molar-refractivity contribution in [1.29, 1.82) is 0 Å². The van der Waals surface area contributed by atoms with E-state index in [2.05, 4.69) is 4.90 Å². The highest BCUT2D eigenvalue weighted by Crippen LogP contribution is 2.22. The number of hydrogen-bond acceptors (Lipinski definition) is 4. The van der Waals surface area contributed by atoms with Crippen molar-refractivity contribution in [3.63, 3.8) is 0 Å². The zero-order chi connectivity index (χ0) is 13.0. The Morgan fingerprint density at radius 3 is 2.78 bits per heavy atom. The number of morpholine rings is 1. The molecule has 1 aliphatic rings. The maximum Gasteiger partial charge on any atom is 0.248 e. The maximum atomic E-state index is 11.0. The number of carbonyl (C=O) groups is 1. The van der Waals surface area contributed by atoms with Crippen LogP contribution in [-0.4, -0.2) is 48.8 Å². The molecule has 1 aromatic carbocycles. The molecule has 18 heavy (non-hydrogen) atoms. The summed E-state index contributed by atoms with van der Waals surface area (Å²) in [4.78, 5) is 13.1. The quantitative estimate of drug-likeness (QED) is 0.797. The fraction of sp³-hybridized carbons (Fsp3) is 0.462. The zero-order valence-corrected chi connectivity index (χ0v) is 10.2. The number of rotatable bonds is 4. The minimum atomic E-state index is -0.423. The molecule has 0 spiro atoms. The van der Waals surface area contributed by atoms with Gasteiger partial charge in [-0.2, -0.15) is 0 Å². The van der Waals surface area contributed by atoms with Crippen LogP contribution in [0, 0.1) is 0 Å². The number of hydrogen-bond donors (Lipinski definition) is 2. The Hall–Kier alpha value is -1.43. The van der Waals surface area contributed by atoms with Crippen LogP contribution in [0.1, 0.15) is 22.0 Å². The Morgan fingerprint density at radius 2 is 2.17 bits per heavy atom. The summed E-state index contributed by atoms with van der Waals surface area (Å²) in [5, 5.41) is 8.94. The highest BCUT2D eigenvalue weighted by Gasteiger charge is 2.21. The number of aliphatic hydroxyl groups excluding tert-OH is 1. The fourth-order valence-corrected chi connectivity index (χ4v) is 2.11. The molecule has 1 fully saturated rings. The molecule has 0 aromatic heterocycles. The predicted octanol–water partition coefficient (Wildman–Crippen LogP) is 0.151. The summed E-state index contributed by atoms with van der Waals surface area (Å²) in [7, 11) is 0. The molecule has 0 bridgehead atoms. The SMILES string of the molecule is NC(=O)c1ccc([C@H]2CN(CCO)CCO2)cc1. The third-order valence-electron chi connectivity index (χ3n) is 3.13. The van der Waals surface area contributed by atoms with Gasteiger partial charge in [0.25, 0.3) is 0 Å². The van der Waals surface area contributed by atoms with Crippen LogP contribution in [0.4, 0.5) is 0 Å². The van der Waals surface area contributed by atoms with E-state index < -0.39 is 5.91 Å². The van der Waals surface area contributed by atoms with E-state index in [0.717, 1.165) is 18.7 Å². The number of aliphatic hydroxyl groups is 1. The second-order valence-electron chi connectivity index (χ2n) is 4.37. The molecular formula is C13H18N2O3. The molecule has 1 atom stereocenters. The van der Waals surface area contributed by atoms with Crippen molar-refractivity contribution in [2.45, 2.75) is 6.10 Å². The number of benzene rings is 1. The van der Waals surface area contributed by atoms with Crippen molar-refractivity contribution in [2.75, 3.05) is 32.8 Å². The van der Waals surface area contributed by atoms with Crippen molar-refractivity contribution in [3.8, 4) is 0 Å². The first-order valence-electron chi connectivity index (χ1n) is 6.05. The average Bonchev–Trinajstić information content (AvgIpc) is 2.39. The highest BCUT2D eigenvalue weighted by molar-refractivity contribution is 5.92. The molecule has 1 aromatic rings. The van der Waals surface area contributed by atoms with Gasteiger partial charge in [0, 0.05) is 25.2 Å². The Labute approximate surface area is 106 Å². The van der Waals surface area contributed by atoms with Gasteiger partial charge in [0.15, 0.2) is 0 Å². The Kier molecular flexibility index (Phi) is 4.30. The summed E-state index contributed by atoms with van der Waals surface area (Å²) in [6.07, 6.45) is -0.00720. The normalized spacial score (nSPS) is 20.8. The predicted molar refractivity (Wildman–Crippen MR) is 67.2 cm³/mol. The van der Waals surface area contributed by atoms with E-state index in [1.54, 1.807) is 12.1 Å². The third kappa shape index (κ3) is 3.07. The Morgan fingerprint density at radius 1 is 1.44 bits per heavy atom. The van der Waals surface area contributed by atoms with Crippen LogP contribution in [0.2, 0.25) is 0 Å². The van der Waals surface area contributed by atoms with Crippen LogP contribution in [0.5, 0.6) is 0 Å². The molecular weight excluding hydrogens is 232 g/mol. The van der Waals surface area contributed by atoms with Gasteiger partial charge >= 0.3 is 0 Å². The summed E-state index contributed by atoms with van der Waals surface area (Å²) >= 11 is 0. The van der Waals surface area contributed by atoms with Crippen LogP contribution in [0.3, 0.4) is 0 Å². The molecule has 98 valence electrons. The molecule has 0 aliphatic carbocycles. The molecule has 1 amide bonds. The van der Waals surface area contributed by atoms with E-state index in [1.165, 1.54) is 0 Å². The molecule has 1 aliphatic heterocycles. The first-order valence-corrected chi connectivity index (χ1v) is 6.05. The molecule has 5 heteroatoms. The van der Waals surface area contributed by atoms with E-state index in [1.807, 2.05) is 12.1 Å². The van der Waals surface area contributed by atoms with Crippen molar-refractivity contribution >= 4 is 5.91 Å². The molecule has 1 saturated heterocycles. The second-order valence-corrected chi connectivity index (χ2v) is 4.37. The molecule has 0 unspecified atom stereocenters. The number of nitrogens with two attached hydrogens (primary N) is 1. The number of carbonyl (C=O) groups excluding carboxylic acids is 1. The van der Waals surface area contributed by atoms with Gasteiger partial charge in [0.1, 0.15) is 0 Å². The van der Waals surface area contributed by atoms with E-state index in [0.29, 0.717) is 18.7 Å². The van der Waals surface area contributed by atoms with Gasteiger partial charge in [-0.25, -0.2) is 0 Å². The number of ether oxygens (including phenoxy) is 1. The number of nitrogens with zero attached hydrogens (tertiary/aromatic N) is 1. The van der Waals surface area contributed by atoms with Crippen LogP contribution in [0.15, 0.2) is 24.3 Å². The number of β-amino-alcohol motifs (C(OH)–C–C–N with tert-alkyl or cyclic N) is 1. The van der Waals surface area contributed by atoms with E-state index in [-0.39, 0.29) is 12.7 Å². The van der Waals surface area contributed by atoms with Gasteiger partial charge in [-0.05, 0) is 17.7 Å². The van der Waals surface area contributed by atoms with Gasteiger partial charge in [-0.3, -0.25) is 9.69 Å². The van der Waals surface area contributed by atoms with Gasteiger partial charge < -0.3 is 15.6 Å². The summed E-state index contributed by atoms with van der Waals surface area (Å²) in [6, 6.07) is 7.17. The van der Waals surface area contributed by atoms with Gasteiger partial charge in [0.05, 0.1) is 19.3 Å². The van der Waals surface area contributed by atoms with Gasteiger partial charge in [-0.15, -0.1) is 0 Å². The van der Waals surface area contributed by atoms with Crippen molar-refractivity contribution in [2.24, 2.45) is 5.73 Å². The van der Waals surface area contributed by atoms with Crippen molar-refractivity contribution in [3.05, 3.63) is 35.4 Å². The summed E-state index contributed by atoms with van der Waals surface area (Å²) in [5.74, 6) is -0.423. The van der Waals surface area contributed by atoms with Crippen molar-refractivity contribution in [1.82, 2.24) is 4.90 Å². The van der Waals surface area contributed by atoms with E-state index >= 15 is 0 Å². The monoisotopic (exact) mass is 250 g/mol. The van der Waals surface area contributed by atoms with E-state index in [4.69, 9.17) is 15.6 Å². The van der Waals surface area contributed by atoms with Crippen molar-refractivity contribution < 1.29 is 14.6 Å². The standard InChI is InChI=1S/C13H18N2O3/c14-13(17)11-3-1-10(2-4-11)12-9-15(5-7-16)6-8-18-12/h1-4,12,16H,5-9H2,(H2,14,17)/t12-/m1/s1. The van der Waals surface area contributed by atoms with Crippen LogP contribution >= 0.6 is 0 Å². The molecule has 2 rings (SSSR count). The number of amides is 1. The topological polar surface area (TPSA) is 75.8 Å². The number of primary amides is 1. The first kappa shape index (κ1) is 13.0. The maximum absolute atomic E-state index is 11.0. The lowest BCUT2D eigenvalue weighted by Gasteiger charge is -2.32. The largest absolute Gasteiger partial charge is 0.395 e. The third-order valence-corrected chi connectivity index (χ3v) is 3.13. The smallest absolute Gasteiger partial charge is 0.248 e. The lowest BCUT2D eigenvalue weighted by Crippen LogP contribution is -2.39. The Bertz CT molecular complexity index is 403. The second kappa shape index (κ2) is 5.95. The lowest BCUT2D eigenvalue weighted by molar-refractivity contribution is -0.0337. The molecule has 5 nitrogen and oxygen atoms in total. The lowest BCUT2D eigenvalue weighted by atomic mass is 10.1. The van der Waals surface area contributed by atoms with Gasteiger partial charge in [-0.1, -0.05) is 12.1 Å². The molecule has 3 N–H and O–H groups in total. The minimum Gasteiger partial charge on any atom is -0.395 e. The van der Waals surface area contributed by atoms with E-state index in [9.17, 15) is 4.79 Å². The fourth-order valence-electron chi connectivity index (χ4n) is 2.11. The Balaban J connectivity index is 2.04. The molecule has 0 radical (unpaired) electrons. The van der Waals surface area contributed by atoms with Crippen LogP contribution in [0.25, 0.3) is 0 Å². The van der Waals surface area contributed by atoms with Crippen LogP contribution in [-0.2, 0) is 4.74 Å². The first-order chi connectivity index (χ1) is 8.70. The average molecular weight is 250 g/mol. The zero-order valence-electron chi connectivity index (χ0n) is 10.2. The summed E-state index contributed by atoms with van der Waals surface area (Å²) < 4.78 is 5.70. The highest BCUT2D eigenvalue weighted by atomic mass is 16.5.